The third-order valence-electron chi connectivity index (χ3n) is 3.68. The number of thioether (sulfide) groups is 1. The van der Waals surface area contributed by atoms with Gasteiger partial charge in [-0.15, -0.1) is 0 Å². The van der Waals surface area contributed by atoms with Crippen LogP contribution in [-0.4, -0.2) is 39.4 Å². The van der Waals surface area contributed by atoms with E-state index < -0.39 is 15.9 Å². The van der Waals surface area contributed by atoms with E-state index in [1.54, 1.807) is 36.4 Å². The van der Waals surface area contributed by atoms with Gasteiger partial charge in [-0.05, 0) is 59.0 Å². The first-order valence-electron chi connectivity index (χ1n) is 8.19. The first kappa shape index (κ1) is 23.2. The van der Waals surface area contributed by atoms with Crippen molar-refractivity contribution in [3.05, 3.63) is 62.4 Å². The zero-order valence-corrected chi connectivity index (χ0v) is 19.5. The molecule has 2 aromatic rings. The van der Waals surface area contributed by atoms with Crippen molar-refractivity contribution < 1.29 is 17.6 Å². The maximum atomic E-state index is 13.7. The number of carbonyl (C=O) groups excluding carboxylic acids is 1. The van der Waals surface area contributed by atoms with Gasteiger partial charge in [0, 0.05) is 32.2 Å². The van der Waals surface area contributed by atoms with Gasteiger partial charge in [0.15, 0.2) is 0 Å². The number of nitrogens with one attached hydrogen (secondary N) is 1. The molecule has 1 N–H and O–H groups in total. The zero-order valence-electron chi connectivity index (χ0n) is 15.0. The smallest absolute Gasteiger partial charge is 0.240 e. The first-order valence-corrected chi connectivity index (χ1v) is 12.6. The molecule has 0 bridgehead atoms. The summed E-state index contributed by atoms with van der Waals surface area (Å²) in [6, 6.07) is 11.4. The van der Waals surface area contributed by atoms with E-state index in [0.29, 0.717) is 34.3 Å². The minimum Gasteiger partial charge on any atom is -0.354 e. The van der Waals surface area contributed by atoms with E-state index in [9.17, 15) is 17.6 Å². The second-order valence-electron chi connectivity index (χ2n) is 5.85. The summed E-state index contributed by atoms with van der Waals surface area (Å²) in [4.78, 5) is 12.2. The molecule has 2 aromatic carbocycles. The summed E-state index contributed by atoms with van der Waals surface area (Å²) in [6.45, 7) is 0.0308. The highest BCUT2D eigenvalue weighted by Gasteiger charge is 2.20. The number of halogens is 3. The monoisotopic (exact) mass is 556 g/mol. The summed E-state index contributed by atoms with van der Waals surface area (Å²) in [5.41, 5.74) is 0.865. The predicted octanol–water partition coefficient (Wildman–Crippen LogP) is 3.90. The van der Waals surface area contributed by atoms with Gasteiger partial charge in [0.2, 0.25) is 15.9 Å². The van der Waals surface area contributed by atoms with Crippen LogP contribution in [0, 0.1) is 9.39 Å². The Balaban J connectivity index is 1.84. The van der Waals surface area contributed by atoms with Gasteiger partial charge in [0.25, 0.3) is 0 Å². The van der Waals surface area contributed by atoms with E-state index in [1.165, 1.54) is 17.8 Å². The van der Waals surface area contributed by atoms with Crippen molar-refractivity contribution in [2.24, 2.45) is 0 Å². The SMILES string of the molecule is CS(=O)(=O)N(CC(=O)NCCSCc1c(F)cccc1Cl)c1ccc(I)cc1. The molecule has 0 saturated heterocycles. The molecule has 0 aliphatic carbocycles. The molecule has 0 aliphatic rings. The lowest BCUT2D eigenvalue weighted by Gasteiger charge is -2.22. The van der Waals surface area contributed by atoms with Crippen molar-refractivity contribution in [3.8, 4) is 0 Å². The molecule has 0 aromatic heterocycles. The molecule has 28 heavy (non-hydrogen) atoms. The van der Waals surface area contributed by atoms with E-state index in [-0.39, 0.29) is 12.4 Å². The Hall–Kier alpha value is -1.04. The van der Waals surface area contributed by atoms with Crippen LogP contribution in [-0.2, 0) is 20.6 Å². The molecule has 0 fully saturated rings. The van der Waals surface area contributed by atoms with Crippen molar-refractivity contribution in [2.75, 3.05) is 29.4 Å². The van der Waals surface area contributed by atoms with Crippen molar-refractivity contribution in [3.63, 3.8) is 0 Å². The zero-order chi connectivity index (χ0) is 20.7. The Morgan fingerprint density at radius 3 is 2.54 bits per heavy atom. The van der Waals surface area contributed by atoms with E-state index in [2.05, 4.69) is 27.9 Å². The molecule has 2 rings (SSSR count). The molecule has 152 valence electrons. The molecule has 0 radical (unpaired) electrons. The number of rotatable bonds is 9. The number of anilines is 1. The lowest BCUT2D eigenvalue weighted by Crippen LogP contribution is -2.41. The van der Waals surface area contributed by atoms with Gasteiger partial charge < -0.3 is 5.32 Å². The van der Waals surface area contributed by atoms with Crippen LogP contribution in [0.3, 0.4) is 0 Å². The van der Waals surface area contributed by atoms with E-state index in [4.69, 9.17) is 11.6 Å². The summed E-state index contributed by atoms with van der Waals surface area (Å²) in [7, 11) is -3.60. The summed E-state index contributed by atoms with van der Waals surface area (Å²) in [6.07, 6.45) is 1.06. The van der Waals surface area contributed by atoms with Gasteiger partial charge in [-0.25, -0.2) is 12.8 Å². The third-order valence-corrected chi connectivity index (χ3v) is 6.88. The lowest BCUT2D eigenvalue weighted by atomic mass is 10.2. The first-order chi connectivity index (χ1) is 13.2. The minimum absolute atomic E-state index is 0.302. The summed E-state index contributed by atoms with van der Waals surface area (Å²) < 4.78 is 39.8. The van der Waals surface area contributed by atoms with Crippen LogP contribution in [0.2, 0.25) is 5.02 Å². The molecule has 5 nitrogen and oxygen atoms in total. The van der Waals surface area contributed by atoms with Crippen LogP contribution in [0.15, 0.2) is 42.5 Å². The lowest BCUT2D eigenvalue weighted by molar-refractivity contribution is -0.119. The normalized spacial score (nSPS) is 11.3. The van der Waals surface area contributed by atoms with Crippen LogP contribution >= 0.6 is 46.0 Å². The maximum Gasteiger partial charge on any atom is 0.240 e. The summed E-state index contributed by atoms with van der Waals surface area (Å²) >= 11 is 9.52. The van der Waals surface area contributed by atoms with Crippen molar-refractivity contribution in [1.82, 2.24) is 5.32 Å². The Labute approximate surface area is 187 Å². The van der Waals surface area contributed by atoms with Gasteiger partial charge >= 0.3 is 0 Å². The fourth-order valence-corrected chi connectivity index (χ4v) is 4.71. The maximum absolute atomic E-state index is 13.7. The molecular weight excluding hydrogens is 538 g/mol. The number of benzene rings is 2. The van der Waals surface area contributed by atoms with Crippen LogP contribution in [0.4, 0.5) is 10.1 Å². The number of nitrogens with zero attached hydrogens (tertiary/aromatic N) is 1. The summed E-state index contributed by atoms with van der Waals surface area (Å²) in [5.74, 6) is 0.164. The van der Waals surface area contributed by atoms with Crippen molar-refractivity contribution in [2.45, 2.75) is 5.75 Å². The molecule has 0 saturated carbocycles. The number of hydrogen-bond donors (Lipinski definition) is 1. The van der Waals surface area contributed by atoms with E-state index in [0.717, 1.165) is 14.1 Å². The van der Waals surface area contributed by atoms with Gasteiger partial charge in [0.1, 0.15) is 12.4 Å². The Morgan fingerprint density at radius 2 is 1.93 bits per heavy atom. The second kappa shape index (κ2) is 10.7. The van der Waals surface area contributed by atoms with E-state index in [1.807, 2.05) is 0 Å². The molecule has 1 amide bonds. The fraction of sp³-hybridized carbons (Fsp3) is 0.278. The molecule has 10 heteroatoms. The van der Waals surface area contributed by atoms with E-state index >= 15 is 0 Å². The van der Waals surface area contributed by atoms with Crippen LogP contribution < -0.4 is 9.62 Å². The number of sulfonamides is 1. The van der Waals surface area contributed by atoms with Gasteiger partial charge in [-0.1, -0.05) is 17.7 Å². The van der Waals surface area contributed by atoms with Gasteiger partial charge in [-0.3, -0.25) is 9.10 Å². The highest BCUT2D eigenvalue weighted by atomic mass is 127. The average molecular weight is 557 g/mol. The van der Waals surface area contributed by atoms with Crippen molar-refractivity contribution in [1.29, 1.82) is 0 Å². The molecular formula is C18H19ClFIN2O3S2. The molecule has 0 atom stereocenters. The molecule has 0 unspecified atom stereocenters. The topological polar surface area (TPSA) is 66.5 Å². The Morgan fingerprint density at radius 1 is 1.25 bits per heavy atom. The van der Waals surface area contributed by atoms with Crippen LogP contribution in [0.5, 0.6) is 0 Å². The average Bonchev–Trinajstić information content (AvgIpc) is 2.61. The number of carbonyl (C=O) groups is 1. The standard InChI is InChI=1S/C18H19ClFIN2O3S2/c1-28(25,26)23(14-7-5-13(21)6-8-14)11-18(24)22-9-10-27-12-15-16(19)3-2-4-17(15)20/h2-8H,9-12H2,1H3,(H,22,24). The molecule has 0 aliphatic heterocycles. The number of amides is 1. The van der Waals surface area contributed by atoms with Crippen molar-refractivity contribution >= 4 is 67.6 Å². The minimum atomic E-state index is -3.60. The third kappa shape index (κ3) is 7.09. The fourth-order valence-electron chi connectivity index (χ4n) is 2.30. The van der Waals surface area contributed by atoms with Gasteiger partial charge in [-0.2, -0.15) is 11.8 Å². The summed E-state index contributed by atoms with van der Waals surface area (Å²) in [5, 5.41) is 3.06. The predicted molar refractivity (Wildman–Crippen MR) is 122 cm³/mol. The quantitative estimate of drug-likeness (QED) is 0.376. The van der Waals surface area contributed by atoms with Crippen LogP contribution in [0.1, 0.15) is 5.56 Å². The second-order valence-corrected chi connectivity index (χ2v) is 10.5. The Bertz CT molecular complexity index is 907. The van der Waals surface area contributed by atoms with Crippen LogP contribution in [0.25, 0.3) is 0 Å². The van der Waals surface area contributed by atoms with Gasteiger partial charge in [0.05, 0.1) is 11.9 Å². The number of hydrogen-bond acceptors (Lipinski definition) is 4. The molecule has 0 heterocycles. The largest absolute Gasteiger partial charge is 0.354 e. The molecule has 0 spiro atoms. The highest BCUT2D eigenvalue weighted by molar-refractivity contribution is 14.1. The Kier molecular flexibility index (Phi) is 8.84. The highest BCUT2D eigenvalue weighted by Crippen LogP contribution is 2.23.